The van der Waals surface area contributed by atoms with E-state index in [2.05, 4.69) is 57.5 Å². The van der Waals surface area contributed by atoms with Crippen molar-refractivity contribution < 1.29 is 14.4 Å². The van der Waals surface area contributed by atoms with E-state index in [1.54, 1.807) is 0 Å². The second-order valence-corrected chi connectivity index (χ2v) is 14.8. The average Bonchev–Trinajstić information content (AvgIpc) is 2.97. The Hall–Kier alpha value is -2.37. The lowest BCUT2D eigenvalue weighted by Gasteiger charge is -2.31. The number of rotatable bonds is 9. The topological polar surface area (TPSA) is 87.3 Å². The fourth-order valence-corrected chi connectivity index (χ4v) is 7.72. The third-order valence-corrected chi connectivity index (χ3v) is 11.0. The van der Waals surface area contributed by atoms with Crippen LogP contribution in [-0.2, 0) is 14.4 Å². The Bertz CT molecular complexity index is 911. The van der Waals surface area contributed by atoms with Gasteiger partial charge in [-0.25, -0.2) is 0 Å². The maximum atomic E-state index is 13.3. The van der Waals surface area contributed by atoms with Crippen LogP contribution in [0.5, 0.6) is 0 Å². The van der Waals surface area contributed by atoms with Gasteiger partial charge in [0.25, 0.3) is 0 Å². The Morgan fingerprint density at radius 3 is 0.857 bits per heavy atom. The van der Waals surface area contributed by atoms with Gasteiger partial charge in [-0.15, -0.1) is 0 Å². The molecule has 3 amide bonds. The number of benzene rings is 1. The summed E-state index contributed by atoms with van der Waals surface area (Å²) in [6.45, 7) is 13.6. The molecule has 0 bridgehead atoms. The predicted molar refractivity (Wildman–Crippen MR) is 173 cm³/mol. The molecule has 234 valence electrons. The summed E-state index contributed by atoms with van der Waals surface area (Å²) in [5.41, 5.74) is 1.89. The molecule has 0 spiro atoms. The Kier molecular flexibility index (Phi) is 11.5. The van der Waals surface area contributed by atoms with E-state index in [1.165, 1.54) is 0 Å². The number of carbonyl (C=O) groups is 3. The highest BCUT2D eigenvalue weighted by molar-refractivity contribution is 5.99. The molecule has 3 aliphatic rings. The fourth-order valence-electron chi connectivity index (χ4n) is 7.72. The van der Waals surface area contributed by atoms with Crippen LogP contribution in [0.25, 0.3) is 0 Å². The van der Waals surface area contributed by atoms with Crippen molar-refractivity contribution in [3.8, 4) is 0 Å². The second-order valence-electron chi connectivity index (χ2n) is 14.8. The van der Waals surface area contributed by atoms with Crippen molar-refractivity contribution in [2.75, 3.05) is 16.0 Å². The number of hydrogen-bond donors (Lipinski definition) is 3. The highest BCUT2D eigenvalue weighted by Gasteiger charge is 2.30. The Morgan fingerprint density at radius 2 is 0.667 bits per heavy atom. The molecule has 0 unspecified atom stereocenters. The largest absolute Gasteiger partial charge is 0.326 e. The Morgan fingerprint density at radius 1 is 0.452 bits per heavy atom. The molecular weight excluding hydrogens is 522 g/mol. The molecule has 4 rings (SSSR count). The Balaban J connectivity index is 1.44. The lowest BCUT2D eigenvalue weighted by Crippen LogP contribution is -2.30. The van der Waals surface area contributed by atoms with E-state index in [0.29, 0.717) is 52.6 Å². The van der Waals surface area contributed by atoms with E-state index in [4.69, 9.17) is 0 Å². The molecule has 6 nitrogen and oxygen atoms in total. The van der Waals surface area contributed by atoms with Crippen molar-refractivity contribution in [2.45, 2.75) is 119 Å². The maximum Gasteiger partial charge on any atom is 0.227 e. The van der Waals surface area contributed by atoms with E-state index < -0.39 is 0 Å². The smallest absolute Gasteiger partial charge is 0.227 e. The summed E-state index contributed by atoms with van der Waals surface area (Å²) in [7, 11) is 0. The van der Waals surface area contributed by atoms with Crippen LogP contribution in [0.4, 0.5) is 17.1 Å². The molecule has 3 saturated carbocycles. The van der Waals surface area contributed by atoms with Gasteiger partial charge in [0.05, 0.1) is 0 Å². The van der Waals surface area contributed by atoms with Gasteiger partial charge in [-0.05, 0) is 131 Å². The zero-order valence-electron chi connectivity index (χ0n) is 27.1. The van der Waals surface area contributed by atoms with E-state index >= 15 is 0 Å². The van der Waals surface area contributed by atoms with Crippen molar-refractivity contribution in [1.29, 1.82) is 0 Å². The molecule has 0 radical (unpaired) electrons. The lowest BCUT2D eigenvalue weighted by molar-refractivity contribution is -0.121. The van der Waals surface area contributed by atoms with Crippen LogP contribution >= 0.6 is 0 Å². The summed E-state index contributed by atoms with van der Waals surface area (Å²) in [4.78, 5) is 39.9. The molecule has 1 aromatic carbocycles. The normalized spacial score (nSPS) is 28.5. The molecule has 0 atom stereocenters. The van der Waals surface area contributed by atoms with Crippen LogP contribution < -0.4 is 16.0 Å². The zero-order valence-corrected chi connectivity index (χ0v) is 27.1. The maximum absolute atomic E-state index is 13.3. The van der Waals surface area contributed by atoms with Crippen LogP contribution in [0.3, 0.4) is 0 Å². The predicted octanol–water partition coefficient (Wildman–Crippen LogP) is 8.89. The third-order valence-electron chi connectivity index (χ3n) is 11.0. The first-order valence-electron chi connectivity index (χ1n) is 17.1. The first-order valence-corrected chi connectivity index (χ1v) is 17.1. The highest BCUT2D eigenvalue weighted by Crippen LogP contribution is 2.37. The quantitative estimate of drug-likeness (QED) is 0.273. The standard InChI is InChI=1S/C36H57N3O3/c1-22(2)25-7-13-28(14-8-25)34(40)37-31-19-32(38-35(41)29-15-9-26(10-16-29)23(3)4)21-33(20-31)39-36(42)30-17-11-27(12-18-30)24(5)6/h19-30H,7-18H2,1-6H3,(H,37,40)(H,38,41)(H,39,42)/t25-,26-,27-,28-,29-,30+. The van der Waals surface area contributed by atoms with Gasteiger partial charge in [-0.3, -0.25) is 14.4 Å². The van der Waals surface area contributed by atoms with Crippen molar-refractivity contribution in [2.24, 2.45) is 53.3 Å². The highest BCUT2D eigenvalue weighted by atomic mass is 16.2. The summed E-state index contributed by atoms with van der Waals surface area (Å²) in [6.07, 6.45) is 12.0. The molecule has 6 heteroatoms. The number of nitrogens with one attached hydrogen (secondary N) is 3. The molecule has 42 heavy (non-hydrogen) atoms. The van der Waals surface area contributed by atoms with Gasteiger partial charge in [-0.2, -0.15) is 0 Å². The number of amides is 3. The number of carbonyl (C=O) groups excluding carboxylic acids is 3. The summed E-state index contributed by atoms with van der Waals surface area (Å²) < 4.78 is 0. The number of hydrogen-bond acceptors (Lipinski definition) is 3. The van der Waals surface area contributed by atoms with Gasteiger partial charge in [0.15, 0.2) is 0 Å². The van der Waals surface area contributed by atoms with Gasteiger partial charge in [0, 0.05) is 34.8 Å². The van der Waals surface area contributed by atoms with Crippen LogP contribution in [0.2, 0.25) is 0 Å². The van der Waals surface area contributed by atoms with E-state index in [-0.39, 0.29) is 35.5 Å². The van der Waals surface area contributed by atoms with Crippen molar-refractivity contribution in [1.82, 2.24) is 0 Å². The van der Waals surface area contributed by atoms with Gasteiger partial charge in [0.2, 0.25) is 17.7 Å². The summed E-state index contributed by atoms with van der Waals surface area (Å²) in [5.74, 6) is 4.17. The van der Waals surface area contributed by atoms with Crippen molar-refractivity contribution in [3.63, 3.8) is 0 Å². The van der Waals surface area contributed by atoms with Crippen LogP contribution in [0.1, 0.15) is 119 Å². The molecule has 0 aliphatic heterocycles. The number of anilines is 3. The fraction of sp³-hybridized carbons (Fsp3) is 0.750. The summed E-state index contributed by atoms with van der Waals surface area (Å²) >= 11 is 0. The summed E-state index contributed by atoms with van der Waals surface area (Å²) in [5, 5.41) is 9.41. The minimum absolute atomic E-state index is 0.00331. The molecule has 3 fully saturated rings. The van der Waals surface area contributed by atoms with Crippen molar-refractivity contribution >= 4 is 34.8 Å². The van der Waals surface area contributed by atoms with Gasteiger partial charge < -0.3 is 16.0 Å². The minimum atomic E-state index is 0.00331. The van der Waals surface area contributed by atoms with Crippen LogP contribution in [0, 0.1) is 53.3 Å². The van der Waals surface area contributed by atoms with E-state index in [0.717, 1.165) is 77.0 Å². The molecule has 0 aromatic heterocycles. The average molecular weight is 580 g/mol. The van der Waals surface area contributed by atoms with Gasteiger partial charge in [-0.1, -0.05) is 41.5 Å². The molecule has 0 heterocycles. The molecule has 3 N–H and O–H groups in total. The first kappa shape index (κ1) is 32.5. The third kappa shape index (κ3) is 8.83. The van der Waals surface area contributed by atoms with Gasteiger partial charge >= 0.3 is 0 Å². The van der Waals surface area contributed by atoms with Crippen LogP contribution in [-0.4, -0.2) is 17.7 Å². The van der Waals surface area contributed by atoms with E-state index in [1.807, 2.05) is 18.2 Å². The molecule has 3 aliphatic carbocycles. The second kappa shape index (κ2) is 14.9. The van der Waals surface area contributed by atoms with Gasteiger partial charge in [0.1, 0.15) is 0 Å². The zero-order chi connectivity index (χ0) is 30.4. The Labute approximate surface area is 254 Å². The molecule has 1 aromatic rings. The van der Waals surface area contributed by atoms with Crippen molar-refractivity contribution in [3.05, 3.63) is 18.2 Å². The molecular formula is C36H57N3O3. The molecule has 0 saturated heterocycles. The first-order chi connectivity index (χ1) is 20.0. The van der Waals surface area contributed by atoms with Crippen LogP contribution in [0.15, 0.2) is 18.2 Å². The lowest BCUT2D eigenvalue weighted by atomic mass is 9.76. The monoisotopic (exact) mass is 579 g/mol. The minimum Gasteiger partial charge on any atom is -0.326 e. The SMILES string of the molecule is CC(C)[C@H]1CC[C@@H](C(=O)Nc2cc(NC(=O)[C@H]3CC[C@H](C(C)C)CC3)cc(NC(=O)[C@H]3CC[C@H](C(C)C)CC3)c2)CC1. The summed E-state index contributed by atoms with van der Waals surface area (Å²) in [6, 6.07) is 5.54. The van der Waals surface area contributed by atoms with E-state index in [9.17, 15) is 14.4 Å².